The Balaban J connectivity index is 0.00000312. The second-order valence-corrected chi connectivity index (χ2v) is 6.24. The molecule has 1 aromatic heterocycles. The lowest BCUT2D eigenvalue weighted by Crippen LogP contribution is -2.36. The molecule has 0 bridgehead atoms. The molecular weight excluding hydrogens is 459 g/mol. The highest BCUT2D eigenvalue weighted by Crippen LogP contribution is 2.20. The number of thiophene rings is 1. The molecule has 1 aromatic carbocycles. The SMILES string of the molecule is CCc1ccc(CNC(=NC)NCc2ccccc2OC(F)F)s1.I. The van der Waals surface area contributed by atoms with E-state index >= 15 is 0 Å². The minimum absolute atomic E-state index is 0. The van der Waals surface area contributed by atoms with Crippen LogP contribution in [0.3, 0.4) is 0 Å². The Morgan fingerprint density at radius 1 is 1.12 bits per heavy atom. The van der Waals surface area contributed by atoms with Crippen LogP contribution in [0.1, 0.15) is 22.2 Å². The van der Waals surface area contributed by atoms with E-state index in [4.69, 9.17) is 0 Å². The Kier molecular flexibility index (Phi) is 9.73. The molecule has 138 valence electrons. The first-order valence-electron chi connectivity index (χ1n) is 7.67. The molecule has 1 heterocycles. The number of hydrogen-bond donors (Lipinski definition) is 2. The fourth-order valence-corrected chi connectivity index (χ4v) is 3.04. The number of para-hydroxylation sites is 1. The highest BCUT2D eigenvalue weighted by molar-refractivity contribution is 14.0. The van der Waals surface area contributed by atoms with E-state index in [1.165, 1.54) is 15.8 Å². The van der Waals surface area contributed by atoms with Crippen molar-refractivity contribution in [2.45, 2.75) is 33.0 Å². The van der Waals surface area contributed by atoms with Gasteiger partial charge in [-0.15, -0.1) is 35.3 Å². The van der Waals surface area contributed by atoms with E-state index in [0.29, 0.717) is 24.6 Å². The molecule has 0 amide bonds. The zero-order valence-corrected chi connectivity index (χ0v) is 17.2. The maximum atomic E-state index is 12.4. The predicted molar refractivity (Wildman–Crippen MR) is 109 cm³/mol. The van der Waals surface area contributed by atoms with Gasteiger partial charge in [0.15, 0.2) is 5.96 Å². The van der Waals surface area contributed by atoms with Crippen molar-refractivity contribution in [3.63, 3.8) is 0 Å². The summed E-state index contributed by atoms with van der Waals surface area (Å²) < 4.78 is 29.4. The summed E-state index contributed by atoms with van der Waals surface area (Å²) in [7, 11) is 1.67. The van der Waals surface area contributed by atoms with Crippen LogP contribution in [0, 0.1) is 0 Å². The van der Waals surface area contributed by atoms with Gasteiger partial charge in [-0.25, -0.2) is 0 Å². The van der Waals surface area contributed by atoms with Crippen molar-refractivity contribution in [2.75, 3.05) is 7.05 Å². The Hall–Kier alpha value is -1.42. The summed E-state index contributed by atoms with van der Waals surface area (Å²) in [6.07, 6.45) is 1.03. The zero-order valence-electron chi connectivity index (χ0n) is 14.1. The number of hydrogen-bond acceptors (Lipinski definition) is 3. The minimum atomic E-state index is -2.84. The monoisotopic (exact) mass is 481 g/mol. The Bertz CT molecular complexity index is 679. The smallest absolute Gasteiger partial charge is 0.387 e. The first kappa shape index (κ1) is 21.6. The Morgan fingerprint density at radius 2 is 1.80 bits per heavy atom. The van der Waals surface area contributed by atoms with E-state index < -0.39 is 6.61 Å². The lowest BCUT2D eigenvalue weighted by atomic mass is 10.2. The Morgan fingerprint density at radius 3 is 2.44 bits per heavy atom. The van der Waals surface area contributed by atoms with Crippen molar-refractivity contribution in [1.29, 1.82) is 0 Å². The molecule has 4 nitrogen and oxygen atoms in total. The van der Waals surface area contributed by atoms with E-state index in [9.17, 15) is 8.78 Å². The molecule has 0 unspecified atom stereocenters. The number of nitrogens with zero attached hydrogens (tertiary/aromatic N) is 1. The van der Waals surface area contributed by atoms with E-state index in [1.807, 2.05) is 0 Å². The number of alkyl halides is 2. The molecule has 0 saturated heterocycles. The summed E-state index contributed by atoms with van der Waals surface area (Å²) in [6.45, 7) is 0.296. The van der Waals surface area contributed by atoms with Crippen LogP contribution in [-0.4, -0.2) is 19.6 Å². The number of nitrogens with one attached hydrogen (secondary N) is 2. The number of rotatable bonds is 7. The molecule has 0 saturated carbocycles. The Labute approximate surface area is 167 Å². The van der Waals surface area contributed by atoms with Crippen molar-refractivity contribution in [2.24, 2.45) is 4.99 Å². The molecule has 2 aromatic rings. The van der Waals surface area contributed by atoms with Crippen molar-refractivity contribution in [1.82, 2.24) is 10.6 Å². The number of aryl methyl sites for hydroxylation is 1. The normalized spacial score (nSPS) is 11.2. The van der Waals surface area contributed by atoms with E-state index in [1.54, 1.807) is 36.6 Å². The van der Waals surface area contributed by atoms with Crippen LogP contribution in [0.15, 0.2) is 41.4 Å². The molecule has 0 spiro atoms. The van der Waals surface area contributed by atoms with E-state index in [0.717, 1.165) is 6.42 Å². The van der Waals surface area contributed by atoms with Crippen LogP contribution >= 0.6 is 35.3 Å². The average Bonchev–Trinajstić information content (AvgIpc) is 3.04. The molecule has 0 aliphatic rings. The van der Waals surface area contributed by atoms with Gasteiger partial charge in [0.1, 0.15) is 5.75 Å². The van der Waals surface area contributed by atoms with E-state index in [-0.39, 0.29) is 29.7 Å². The average molecular weight is 481 g/mol. The third-order valence-corrected chi connectivity index (χ3v) is 4.58. The number of aliphatic imine (C=N–C) groups is 1. The maximum absolute atomic E-state index is 12.4. The molecule has 25 heavy (non-hydrogen) atoms. The fraction of sp³-hybridized carbons (Fsp3) is 0.353. The van der Waals surface area contributed by atoms with Gasteiger partial charge in [-0.05, 0) is 24.6 Å². The molecule has 8 heteroatoms. The van der Waals surface area contributed by atoms with Crippen LogP contribution in [0.4, 0.5) is 8.78 Å². The molecule has 0 aliphatic carbocycles. The van der Waals surface area contributed by atoms with Crippen LogP contribution < -0.4 is 15.4 Å². The second-order valence-electron chi connectivity index (χ2n) is 4.99. The summed E-state index contributed by atoms with van der Waals surface area (Å²) in [5.41, 5.74) is 0.644. The highest BCUT2D eigenvalue weighted by Gasteiger charge is 2.09. The van der Waals surface area contributed by atoms with Crippen molar-refractivity contribution in [3.05, 3.63) is 51.7 Å². The highest BCUT2D eigenvalue weighted by atomic mass is 127. The first-order chi connectivity index (χ1) is 11.6. The van der Waals surface area contributed by atoms with Crippen LogP contribution in [0.2, 0.25) is 0 Å². The van der Waals surface area contributed by atoms with Crippen LogP contribution in [0.5, 0.6) is 5.75 Å². The molecule has 0 aliphatic heterocycles. The van der Waals surface area contributed by atoms with Gasteiger partial charge in [-0.2, -0.15) is 8.78 Å². The number of halogens is 3. The van der Waals surface area contributed by atoms with Gasteiger partial charge < -0.3 is 15.4 Å². The first-order valence-corrected chi connectivity index (χ1v) is 8.48. The van der Waals surface area contributed by atoms with E-state index in [2.05, 4.69) is 39.4 Å². The van der Waals surface area contributed by atoms with Crippen LogP contribution in [0.25, 0.3) is 0 Å². The third-order valence-electron chi connectivity index (χ3n) is 3.35. The number of benzene rings is 1. The van der Waals surface area contributed by atoms with Gasteiger partial charge >= 0.3 is 6.61 Å². The standard InChI is InChI=1S/C17H21F2N3OS.HI/c1-3-13-8-9-14(24-13)11-22-17(20-2)21-10-12-6-4-5-7-15(12)23-16(18)19;/h4-9,16H,3,10-11H2,1-2H3,(H2,20,21,22);1H. The summed E-state index contributed by atoms with van der Waals surface area (Å²) in [6, 6.07) is 10.9. The van der Waals surface area contributed by atoms with Gasteiger partial charge in [0.05, 0.1) is 6.54 Å². The van der Waals surface area contributed by atoms with Gasteiger partial charge in [-0.3, -0.25) is 4.99 Å². The van der Waals surface area contributed by atoms with Crippen molar-refractivity contribution < 1.29 is 13.5 Å². The molecule has 0 fully saturated rings. The molecule has 2 N–H and O–H groups in total. The quantitative estimate of drug-likeness (QED) is 0.350. The summed E-state index contributed by atoms with van der Waals surface area (Å²) in [4.78, 5) is 6.71. The lowest BCUT2D eigenvalue weighted by Gasteiger charge is -2.14. The minimum Gasteiger partial charge on any atom is -0.434 e. The molecule has 0 atom stereocenters. The lowest BCUT2D eigenvalue weighted by molar-refractivity contribution is -0.0504. The summed E-state index contributed by atoms with van der Waals surface area (Å²) >= 11 is 1.76. The summed E-state index contributed by atoms with van der Waals surface area (Å²) in [5, 5.41) is 6.32. The largest absolute Gasteiger partial charge is 0.434 e. The van der Waals surface area contributed by atoms with Crippen molar-refractivity contribution >= 4 is 41.3 Å². The maximum Gasteiger partial charge on any atom is 0.387 e. The van der Waals surface area contributed by atoms with Crippen LogP contribution in [-0.2, 0) is 19.5 Å². The predicted octanol–water partition coefficient (Wildman–Crippen LogP) is 4.40. The van der Waals surface area contributed by atoms with Gasteiger partial charge in [0.2, 0.25) is 0 Å². The molecule has 2 rings (SSSR count). The molecule has 0 radical (unpaired) electrons. The fourth-order valence-electron chi connectivity index (χ4n) is 2.14. The number of ether oxygens (including phenoxy) is 1. The summed E-state index contributed by atoms with van der Waals surface area (Å²) in [5.74, 6) is 0.773. The second kappa shape index (κ2) is 11.2. The number of guanidine groups is 1. The topological polar surface area (TPSA) is 45.7 Å². The zero-order chi connectivity index (χ0) is 17.4. The van der Waals surface area contributed by atoms with Gasteiger partial charge in [0, 0.05) is 28.9 Å². The van der Waals surface area contributed by atoms with Gasteiger partial charge in [-0.1, -0.05) is 25.1 Å². The van der Waals surface area contributed by atoms with Crippen molar-refractivity contribution in [3.8, 4) is 5.75 Å². The molecular formula is C17H22F2IN3OS. The third kappa shape index (κ3) is 7.15. The van der Waals surface area contributed by atoms with Gasteiger partial charge in [0.25, 0.3) is 0 Å².